The van der Waals surface area contributed by atoms with Gasteiger partial charge in [0.2, 0.25) is 0 Å². The van der Waals surface area contributed by atoms with Gasteiger partial charge in [-0.25, -0.2) is 0 Å². The number of nitrogens with one attached hydrogen (secondary N) is 1. The summed E-state index contributed by atoms with van der Waals surface area (Å²) in [5, 5.41) is 8.83. The number of ether oxygens (including phenoxy) is 1. The van der Waals surface area contributed by atoms with Crippen LogP contribution in [0.1, 0.15) is 29.6 Å². The summed E-state index contributed by atoms with van der Waals surface area (Å²) in [5.41, 5.74) is -0.0253. The van der Waals surface area contributed by atoms with Crippen LogP contribution in [0.4, 0.5) is 0 Å². The fourth-order valence-corrected chi connectivity index (χ4v) is 2.66. The second kappa shape index (κ2) is 7.55. The first-order chi connectivity index (χ1) is 10.5. The first kappa shape index (κ1) is 16.7. The molecule has 1 unspecified atom stereocenters. The van der Waals surface area contributed by atoms with Crippen LogP contribution in [0.15, 0.2) is 21.5 Å². The first-order valence-corrected chi connectivity index (χ1v) is 7.77. The quantitative estimate of drug-likeness (QED) is 0.782. The molecule has 0 radical (unpaired) electrons. The predicted molar refractivity (Wildman–Crippen MR) is 81.9 cm³/mol. The Bertz CT molecular complexity index is 609. The summed E-state index contributed by atoms with van der Waals surface area (Å²) in [6.07, 6.45) is 2.92. The standard InChI is InChI=1S/C14H17BrN2O5/c15-11-6-9(7-16-13(11)20)14(21)17(4-3-12(18)19)8-10-2-1-5-22-10/h6-7,10H,1-5,8H2,(H,16,20)(H,18,19). The van der Waals surface area contributed by atoms with E-state index in [1.54, 1.807) is 0 Å². The Hall–Kier alpha value is -1.67. The van der Waals surface area contributed by atoms with Crippen molar-refractivity contribution in [1.29, 1.82) is 0 Å². The highest BCUT2D eigenvalue weighted by molar-refractivity contribution is 9.10. The topological polar surface area (TPSA) is 99.7 Å². The van der Waals surface area contributed by atoms with Crippen molar-refractivity contribution >= 4 is 27.8 Å². The van der Waals surface area contributed by atoms with E-state index < -0.39 is 5.97 Å². The number of hydrogen-bond acceptors (Lipinski definition) is 4. The Morgan fingerprint density at radius 3 is 2.86 bits per heavy atom. The average molecular weight is 373 g/mol. The molecule has 0 aliphatic carbocycles. The lowest BCUT2D eigenvalue weighted by molar-refractivity contribution is -0.137. The van der Waals surface area contributed by atoms with Crippen LogP contribution in [0, 0.1) is 0 Å². The molecular formula is C14H17BrN2O5. The second-order valence-corrected chi connectivity index (χ2v) is 5.95. The van der Waals surface area contributed by atoms with Crippen LogP contribution in [-0.2, 0) is 9.53 Å². The molecule has 0 saturated carbocycles. The molecule has 1 aromatic heterocycles. The second-order valence-electron chi connectivity index (χ2n) is 5.10. The van der Waals surface area contributed by atoms with E-state index in [1.165, 1.54) is 17.2 Å². The maximum absolute atomic E-state index is 12.5. The lowest BCUT2D eigenvalue weighted by Crippen LogP contribution is -2.39. The number of aliphatic carboxylic acids is 1. The molecule has 2 rings (SSSR count). The molecule has 1 aromatic rings. The number of amides is 1. The minimum absolute atomic E-state index is 0.0658. The van der Waals surface area contributed by atoms with Gasteiger partial charge in [0.05, 0.1) is 22.6 Å². The van der Waals surface area contributed by atoms with Gasteiger partial charge in [-0.3, -0.25) is 14.4 Å². The van der Waals surface area contributed by atoms with Gasteiger partial charge in [-0.05, 0) is 34.8 Å². The van der Waals surface area contributed by atoms with E-state index in [2.05, 4.69) is 20.9 Å². The summed E-state index contributed by atoms with van der Waals surface area (Å²) in [6, 6.07) is 1.43. The maximum Gasteiger partial charge on any atom is 0.305 e. The predicted octanol–water partition coefficient (Wildman–Crippen LogP) is 1.23. The van der Waals surface area contributed by atoms with Crippen molar-refractivity contribution in [3.05, 3.63) is 32.7 Å². The highest BCUT2D eigenvalue weighted by Gasteiger charge is 2.24. The van der Waals surface area contributed by atoms with Crippen molar-refractivity contribution in [2.45, 2.75) is 25.4 Å². The van der Waals surface area contributed by atoms with Crippen LogP contribution in [0.25, 0.3) is 0 Å². The number of halogens is 1. The SMILES string of the molecule is O=C(O)CCN(CC1CCCO1)C(=O)c1c[nH]c(=O)c(Br)c1. The molecule has 0 bridgehead atoms. The fourth-order valence-electron chi connectivity index (χ4n) is 2.30. The zero-order valence-electron chi connectivity index (χ0n) is 11.9. The van der Waals surface area contributed by atoms with Gasteiger partial charge in [-0.2, -0.15) is 0 Å². The highest BCUT2D eigenvalue weighted by Crippen LogP contribution is 2.16. The van der Waals surface area contributed by atoms with Crippen LogP contribution in [0.2, 0.25) is 0 Å². The van der Waals surface area contributed by atoms with Gasteiger partial charge < -0.3 is 19.7 Å². The van der Waals surface area contributed by atoms with Crippen molar-refractivity contribution in [2.75, 3.05) is 19.7 Å². The first-order valence-electron chi connectivity index (χ1n) is 6.98. The number of hydrogen-bond donors (Lipinski definition) is 2. The summed E-state index contributed by atoms with van der Waals surface area (Å²) in [7, 11) is 0. The lowest BCUT2D eigenvalue weighted by atomic mass is 10.2. The summed E-state index contributed by atoms with van der Waals surface area (Å²) in [6.45, 7) is 1.11. The number of carbonyl (C=O) groups excluding carboxylic acids is 1. The van der Waals surface area contributed by atoms with Crippen molar-refractivity contribution in [3.63, 3.8) is 0 Å². The van der Waals surface area contributed by atoms with E-state index in [-0.39, 0.29) is 35.0 Å². The third-order valence-corrected chi connectivity index (χ3v) is 4.02. The molecule has 1 amide bonds. The van der Waals surface area contributed by atoms with Gasteiger partial charge in [0.25, 0.3) is 11.5 Å². The number of carbonyl (C=O) groups is 2. The maximum atomic E-state index is 12.5. The Labute approximate surface area is 135 Å². The van der Waals surface area contributed by atoms with Crippen molar-refractivity contribution < 1.29 is 19.4 Å². The third-order valence-electron chi connectivity index (χ3n) is 3.44. The molecule has 1 aliphatic rings. The van der Waals surface area contributed by atoms with Crippen LogP contribution in [-0.4, -0.2) is 52.7 Å². The molecule has 0 aromatic carbocycles. The summed E-state index contributed by atoms with van der Waals surface area (Å²) in [4.78, 5) is 38.6. The molecule has 120 valence electrons. The Morgan fingerprint density at radius 2 is 2.27 bits per heavy atom. The van der Waals surface area contributed by atoms with Gasteiger partial charge in [0, 0.05) is 25.9 Å². The van der Waals surface area contributed by atoms with Crippen LogP contribution < -0.4 is 5.56 Å². The molecule has 1 fully saturated rings. The average Bonchev–Trinajstić information content (AvgIpc) is 2.98. The lowest BCUT2D eigenvalue weighted by Gasteiger charge is -2.25. The van der Waals surface area contributed by atoms with Crippen molar-refractivity contribution in [3.8, 4) is 0 Å². The smallest absolute Gasteiger partial charge is 0.305 e. The van der Waals surface area contributed by atoms with Gasteiger partial charge in [0.1, 0.15) is 0 Å². The number of pyridine rings is 1. The van der Waals surface area contributed by atoms with Gasteiger partial charge in [-0.15, -0.1) is 0 Å². The van der Waals surface area contributed by atoms with Crippen LogP contribution >= 0.6 is 15.9 Å². The molecule has 2 heterocycles. The third kappa shape index (κ3) is 4.41. The minimum Gasteiger partial charge on any atom is -0.481 e. The Morgan fingerprint density at radius 1 is 1.50 bits per heavy atom. The normalized spacial score (nSPS) is 17.4. The van der Waals surface area contributed by atoms with E-state index in [4.69, 9.17) is 9.84 Å². The number of nitrogens with zero attached hydrogens (tertiary/aromatic N) is 1. The van der Waals surface area contributed by atoms with E-state index in [0.717, 1.165) is 12.8 Å². The van der Waals surface area contributed by atoms with E-state index in [9.17, 15) is 14.4 Å². The number of aromatic amines is 1. The molecule has 7 nitrogen and oxygen atoms in total. The number of aromatic nitrogens is 1. The zero-order chi connectivity index (χ0) is 16.1. The Kier molecular flexibility index (Phi) is 5.73. The number of carboxylic acids is 1. The number of carboxylic acid groups (broad SMARTS) is 1. The van der Waals surface area contributed by atoms with Gasteiger partial charge in [0.15, 0.2) is 0 Å². The van der Waals surface area contributed by atoms with Crippen LogP contribution in [0.5, 0.6) is 0 Å². The van der Waals surface area contributed by atoms with Crippen molar-refractivity contribution in [2.24, 2.45) is 0 Å². The van der Waals surface area contributed by atoms with E-state index in [1.807, 2.05) is 0 Å². The van der Waals surface area contributed by atoms with Crippen LogP contribution in [0.3, 0.4) is 0 Å². The molecule has 1 aliphatic heterocycles. The minimum atomic E-state index is -0.965. The molecule has 22 heavy (non-hydrogen) atoms. The van der Waals surface area contributed by atoms with E-state index in [0.29, 0.717) is 18.7 Å². The number of H-pyrrole nitrogens is 1. The molecule has 0 spiro atoms. The van der Waals surface area contributed by atoms with Gasteiger partial charge in [-0.1, -0.05) is 0 Å². The highest BCUT2D eigenvalue weighted by atomic mass is 79.9. The van der Waals surface area contributed by atoms with Crippen molar-refractivity contribution in [1.82, 2.24) is 9.88 Å². The molecule has 1 saturated heterocycles. The fraction of sp³-hybridized carbons (Fsp3) is 0.500. The number of rotatable bonds is 6. The summed E-state index contributed by atoms with van der Waals surface area (Å²) in [5.74, 6) is -1.29. The van der Waals surface area contributed by atoms with E-state index >= 15 is 0 Å². The zero-order valence-corrected chi connectivity index (χ0v) is 13.5. The monoisotopic (exact) mass is 372 g/mol. The molecule has 8 heteroatoms. The Balaban J connectivity index is 2.13. The summed E-state index contributed by atoms with van der Waals surface area (Å²) >= 11 is 3.08. The molecular weight excluding hydrogens is 356 g/mol. The largest absolute Gasteiger partial charge is 0.481 e. The van der Waals surface area contributed by atoms with Gasteiger partial charge >= 0.3 is 5.97 Å². The molecule has 2 N–H and O–H groups in total. The summed E-state index contributed by atoms with van der Waals surface area (Å²) < 4.78 is 5.77. The molecule has 1 atom stereocenters.